The average molecular weight is 350 g/mol. The molecule has 0 radical (unpaired) electrons. The molecule has 2 bridgehead atoms. The summed E-state index contributed by atoms with van der Waals surface area (Å²) in [5, 5.41) is 13.4. The minimum Gasteiger partial charge on any atom is -0.348 e. The highest BCUT2D eigenvalue weighted by atomic mass is 35.5. The molecule has 2 saturated heterocycles. The summed E-state index contributed by atoms with van der Waals surface area (Å²) >= 11 is 12.0. The zero-order chi connectivity index (χ0) is 16.4. The third-order valence-electron chi connectivity index (χ3n) is 4.59. The molecule has 0 spiro atoms. The van der Waals surface area contributed by atoms with E-state index in [0.29, 0.717) is 22.5 Å². The first-order valence-corrected chi connectivity index (χ1v) is 8.43. The summed E-state index contributed by atoms with van der Waals surface area (Å²) in [6, 6.07) is 5.81. The van der Waals surface area contributed by atoms with Crippen LogP contribution in [-0.2, 0) is 11.2 Å². The van der Waals surface area contributed by atoms with Gasteiger partial charge in [-0.2, -0.15) is 5.26 Å². The molecule has 1 N–H and O–H groups in total. The van der Waals surface area contributed by atoms with Gasteiger partial charge in [0.05, 0.1) is 12.1 Å². The van der Waals surface area contributed by atoms with Crippen molar-refractivity contribution < 1.29 is 4.79 Å². The second-order valence-corrected chi connectivity index (χ2v) is 6.84. The first kappa shape index (κ1) is 16.2. The Balaban J connectivity index is 1.54. The lowest BCUT2D eigenvalue weighted by atomic mass is 9.95. The van der Waals surface area contributed by atoms with Crippen LogP contribution >= 0.6 is 23.2 Å². The first-order valence-electron chi connectivity index (χ1n) is 7.67. The number of carbonyl (C=O) groups excluding carboxylic acids is 1. The molecule has 2 heterocycles. The smallest absolute Gasteiger partial charge is 0.243 e. The topological polar surface area (TPSA) is 56.1 Å². The van der Waals surface area contributed by atoms with Gasteiger partial charge in [0, 0.05) is 16.1 Å². The second kappa shape index (κ2) is 6.82. The van der Waals surface area contributed by atoms with Crippen LogP contribution in [0.25, 0.3) is 0 Å². The first-order chi connectivity index (χ1) is 11.1. The largest absolute Gasteiger partial charge is 0.348 e. The van der Waals surface area contributed by atoms with E-state index in [0.717, 1.165) is 24.8 Å². The van der Waals surface area contributed by atoms with Gasteiger partial charge in [0.15, 0.2) is 6.19 Å². The molecule has 0 aliphatic carbocycles. The van der Waals surface area contributed by atoms with Gasteiger partial charge in [0.25, 0.3) is 0 Å². The average Bonchev–Trinajstić information content (AvgIpc) is 3.07. The fourth-order valence-corrected chi connectivity index (χ4v) is 3.91. The van der Waals surface area contributed by atoms with Crippen molar-refractivity contribution in [2.75, 3.05) is 0 Å². The Hall–Kier alpha value is -1.70. The molecule has 0 saturated carbocycles. The van der Waals surface area contributed by atoms with Crippen molar-refractivity contribution in [2.45, 2.75) is 43.8 Å². The number of carbonyl (C=O) groups is 1. The summed E-state index contributed by atoms with van der Waals surface area (Å²) < 4.78 is 0. The second-order valence-electron chi connectivity index (χ2n) is 6.00. The highest BCUT2D eigenvalue weighted by Crippen LogP contribution is 2.36. The number of fused-ring (bicyclic) bond motifs is 2. The Kier molecular flexibility index (Phi) is 4.79. The molecule has 23 heavy (non-hydrogen) atoms. The number of nitrogens with zero attached hydrogens (tertiary/aromatic N) is 2. The maximum absolute atomic E-state index is 12.1. The van der Waals surface area contributed by atoms with Crippen LogP contribution < -0.4 is 5.32 Å². The van der Waals surface area contributed by atoms with E-state index >= 15 is 0 Å². The molecule has 6 heteroatoms. The molecule has 0 aromatic heterocycles. The monoisotopic (exact) mass is 349 g/mol. The third kappa shape index (κ3) is 3.46. The van der Waals surface area contributed by atoms with E-state index in [9.17, 15) is 4.79 Å². The van der Waals surface area contributed by atoms with Crippen LogP contribution in [0.2, 0.25) is 10.0 Å². The fourth-order valence-electron chi connectivity index (χ4n) is 3.52. The number of hydrogen-bond donors (Lipinski definition) is 1. The number of allylic oxidation sites excluding steroid dienone is 1. The van der Waals surface area contributed by atoms with Gasteiger partial charge in [-0.15, -0.1) is 0 Å². The van der Waals surface area contributed by atoms with Crippen molar-refractivity contribution in [1.29, 1.82) is 5.26 Å². The summed E-state index contributed by atoms with van der Waals surface area (Å²) in [4.78, 5) is 13.9. The standard InChI is InChI=1S/C17H17Cl2N3O/c18-12-4-6-14(19)11(8-12)2-1-3-17(23)21-15-9-13-5-7-16(15)22(13)10-20/h1,3-4,6,8,13,15-16H,2,5,7,9H2,(H,21,23)/t13-,15+,16+/m0/s1. The number of nitrogens with one attached hydrogen (secondary N) is 1. The number of benzene rings is 1. The lowest BCUT2D eigenvalue weighted by Gasteiger charge is -2.21. The van der Waals surface area contributed by atoms with Crippen molar-refractivity contribution in [3.05, 3.63) is 46.0 Å². The SMILES string of the molecule is N#CN1[C@H]2CC[C@@H]1[C@H](NC(=O)C=CCc1cc(Cl)ccc1Cl)C2. The number of hydrogen-bond acceptors (Lipinski definition) is 3. The quantitative estimate of drug-likeness (QED) is 0.670. The predicted octanol–water partition coefficient (Wildman–Crippen LogP) is 3.29. The van der Waals surface area contributed by atoms with Gasteiger partial charge in [-0.25, -0.2) is 0 Å². The van der Waals surface area contributed by atoms with Crippen LogP contribution in [0.3, 0.4) is 0 Å². The zero-order valence-electron chi connectivity index (χ0n) is 12.5. The van der Waals surface area contributed by atoms with Gasteiger partial charge in [-0.3, -0.25) is 4.79 Å². The maximum atomic E-state index is 12.1. The minimum absolute atomic E-state index is 0.0697. The predicted molar refractivity (Wildman–Crippen MR) is 90.1 cm³/mol. The van der Waals surface area contributed by atoms with E-state index in [-0.39, 0.29) is 18.0 Å². The van der Waals surface area contributed by atoms with Gasteiger partial charge in [0.1, 0.15) is 0 Å². The van der Waals surface area contributed by atoms with Crippen LogP contribution in [0.5, 0.6) is 0 Å². The highest BCUT2D eigenvalue weighted by molar-refractivity contribution is 6.33. The lowest BCUT2D eigenvalue weighted by molar-refractivity contribution is -0.117. The maximum Gasteiger partial charge on any atom is 0.243 e. The molecule has 3 atom stereocenters. The summed E-state index contributed by atoms with van der Waals surface area (Å²) in [6.45, 7) is 0. The van der Waals surface area contributed by atoms with Gasteiger partial charge in [-0.05, 0) is 55.5 Å². The molecule has 1 amide bonds. The van der Waals surface area contributed by atoms with E-state index in [1.54, 1.807) is 24.3 Å². The Morgan fingerprint density at radius 1 is 1.43 bits per heavy atom. The van der Waals surface area contributed by atoms with Crippen LogP contribution in [-0.4, -0.2) is 28.9 Å². The van der Waals surface area contributed by atoms with E-state index < -0.39 is 0 Å². The normalized spacial score (nSPS) is 25.8. The van der Waals surface area contributed by atoms with Gasteiger partial charge < -0.3 is 10.2 Å². The molecule has 2 aliphatic rings. The molecular formula is C17H17Cl2N3O. The summed E-state index contributed by atoms with van der Waals surface area (Å²) in [5.74, 6) is -0.126. The zero-order valence-corrected chi connectivity index (χ0v) is 14.0. The lowest BCUT2D eigenvalue weighted by Crippen LogP contribution is -2.42. The van der Waals surface area contributed by atoms with Crippen molar-refractivity contribution in [1.82, 2.24) is 10.2 Å². The van der Waals surface area contributed by atoms with Crippen molar-refractivity contribution in [3.63, 3.8) is 0 Å². The van der Waals surface area contributed by atoms with Crippen molar-refractivity contribution in [2.24, 2.45) is 0 Å². The number of nitriles is 1. The molecule has 3 rings (SSSR count). The van der Waals surface area contributed by atoms with Gasteiger partial charge >= 0.3 is 0 Å². The molecular weight excluding hydrogens is 333 g/mol. The van der Waals surface area contributed by atoms with Crippen LogP contribution in [0.1, 0.15) is 24.8 Å². The van der Waals surface area contributed by atoms with E-state index in [1.807, 2.05) is 4.90 Å². The fraction of sp³-hybridized carbons (Fsp3) is 0.412. The third-order valence-corrected chi connectivity index (χ3v) is 5.20. The molecule has 2 aliphatic heterocycles. The molecule has 120 valence electrons. The molecule has 1 aromatic carbocycles. The minimum atomic E-state index is -0.126. The Bertz CT molecular complexity index is 683. The Morgan fingerprint density at radius 2 is 2.26 bits per heavy atom. The number of amides is 1. The van der Waals surface area contributed by atoms with E-state index in [1.165, 1.54) is 6.08 Å². The molecule has 0 unspecified atom stereocenters. The summed E-state index contributed by atoms with van der Waals surface area (Å²) in [5.41, 5.74) is 0.888. The van der Waals surface area contributed by atoms with Crippen LogP contribution in [0.15, 0.2) is 30.4 Å². The van der Waals surface area contributed by atoms with Crippen molar-refractivity contribution >= 4 is 29.1 Å². The molecule has 4 nitrogen and oxygen atoms in total. The highest BCUT2D eigenvalue weighted by Gasteiger charge is 2.46. The van der Waals surface area contributed by atoms with Crippen molar-refractivity contribution in [3.8, 4) is 6.19 Å². The van der Waals surface area contributed by atoms with Gasteiger partial charge in [-0.1, -0.05) is 29.3 Å². The van der Waals surface area contributed by atoms with Crippen LogP contribution in [0, 0.1) is 11.5 Å². The Labute approximate surface area is 145 Å². The molecule has 1 aromatic rings. The van der Waals surface area contributed by atoms with Gasteiger partial charge in [0.2, 0.25) is 5.91 Å². The van der Waals surface area contributed by atoms with Crippen LogP contribution in [0.4, 0.5) is 0 Å². The number of halogens is 2. The van der Waals surface area contributed by atoms with E-state index in [4.69, 9.17) is 28.5 Å². The summed E-state index contributed by atoms with van der Waals surface area (Å²) in [6.07, 6.45) is 8.98. The number of rotatable bonds is 4. The Morgan fingerprint density at radius 3 is 3.00 bits per heavy atom. The molecule has 2 fully saturated rings. The van der Waals surface area contributed by atoms with E-state index in [2.05, 4.69) is 11.5 Å². The summed E-state index contributed by atoms with van der Waals surface area (Å²) in [7, 11) is 0.